The van der Waals surface area contributed by atoms with Gasteiger partial charge in [-0.3, -0.25) is 0 Å². The highest BCUT2D eigenvalue weighted by molar-refractivity contribution is 4.82. The van der Waals surface area contributed by atoms with Crippen molar-refractivity contribution in [3.8, 4) is 0 Å². The first-order valence-electron chi connectivity index (χ1n) is 8.38. The van der Waals surface area contributed by atoms with E-state index in [0.29, 0.717) is 0 Å². The average molecular weight is 251 g/mol. The maximum Gasteiger partial charge on any atom is -0.0351 e. The lowest BCUT2D eigenvalue weighted by molar-refractivity contribution is 0.611. The van der Waals surface area contributed by atoms with Crippen molar-refractivity contribution < 1.29 is 0 Å². The van der Waals surface area contributed by atoms with E-state index in [9.17, 15) is 0 Å². The number of allylic oxidation sites excluding steroid dienone is 2. The Morgan fingerprint density at radius 3 is 1.78 bits per heavy atom. The van der Waals surface area contributed by atoms with Crippen LogP contribution in [-0.4, -0.2) is 0 Å². The van der Waals surface area contributed by atoms with Crippen molar-refractivity contribution in [2.24, 2.45) is 0 Å². The Balaban J connectivity index is 3.00. The standard InChI is InChI=1S/C18H35/c1-3-5-7-9-11-13-15-17-18-16-14-12-10-8-6-4-2/h9,17-18H,3-8,10-16H2,1-2H3. The van der Waals surface area contributed by atoms with Crippen LogP contribution in [0.2, 0.25) is 0 Å². The van der Waals surface area contributed by atoms with E-state index in [1.165, 1.54) is 83.5 Å². The summed E-state index contributed by atoms with van der Waals surface area (Å²) in [6.07, 6.45) is 25.0. The molecule has 0 amide bonds. The van der Waals surface area contributed by atoms with Crippen molar-refractivity contribution in [1.82, 2.24) is 0 Å². The lowest BCUT2D eigenvalue weighted by Gasteiger charge is -1.98. The maximum absolute atomic E-state index is 2.46. The van der Waals surface area contributed by atoms with Gasteiger partial charge in [0.05, 0.1) is 0 Å². The van der Waals surface area contributed by atoms with Gasteiger partial charge in [0.2, 0.25) is 0 Å². The van der Waals surface area contributed by atoms with E-state index in [4.69, 9.17) is 0 Å². The second-order valence-electron chi connectivity index (χ2n) is 5.39. The highest BCUT2D eigenvalue weighted by Gasteiger charge is 1.89. The molecule has 107 valence electrons. The van der Waals surface area contributed by atoms with Crippen molar-refractivity contribution >= 4 is 0 Å². The molecular formula is C18H35. The van der Waals surface area contributed by atoms with Gasteiger partial charge in [0.15, 0.2) is 0 Å². The third kappa shape index (κ3) is 15.7. The quantitative estimate of drug-likeness (QED) is 0.234. The Morgan fingerprint density at radius 2 is 1.06 bits per heavy atom. The summed E-state index contributed by atoms with van der Waals surface area (Å²) < 4.78 is 0. The summed E-state index contributed by atoms with van der Waals surface area (Å²) >= 11 is 0. The van der Waals surface area contributed by atoms with Crippen LogP contribution in [0.4, 0.5) is 0 Å². The lowest BCUT2D eigenvalue weighted by Crippen LogP contribution is -1.79. The molecule has 0 aliphatic rings. The molecule has 18 heavy (non-hydrogen) atoms. The van der Waals surface area contributed by atoms with E-state index in [-0.39, 0.29) is 0 Å². The van der Waals surface area contributed by atoms with Gasteiger partial charge in [-0.25, -0.2) is 0 Å². The molecule has 1 radical (unpaired) electrons. The Labute approximate surface area is 116 Å². The second-order valence-corrected chi connectivity index (χ2v) is 5.39. The average Bonchev–Trinajstić information content (AvgIpc) is 2.39. The smallest absolute Gasteiger partial charge is 0.0351 e. The van der Waals surface area contributed by atoms with Crippen molar-refractivity contribution in [3.63, 3.8) is 0 Å². The van der Waals surface area contributed by atoms with Gasteiger partial charge in [0.25, 0.3) is 0 Å². The number of hydrogen-bond donors (Lipinski definition) is 0. The molecule has 0 fully saturated rings. The minimum atomic E-state index is 1.28. The molecule has 0 bridgehead atoms. The fourth-order valence-electron chi connectivity index (χ4n) is 2.15. The van der Waals surface area contributed by atoms with Gasteiger partial charge in [0.1, 0.15) is 0 Å². The minimum Gasteiger partial charge on any atom is -0.0885 e. The van der Waals surface area contributed by atoms with E-state index in [1.807, 2.05) is 0 Å². The molecule has 0 aromatic heterocycles. The van der Waals surface area contributed by atoms with Crippen molar-refractivity contribution in [3.05, 3.63) is 18.6 Å². The van der Waals surface area contributed by atoms with Crippen molar-refractivity contribution in [2.75, 3.05) is 0 Å². The van der Waals surface area contributed by atoms with Crippen LogP contribution >= 0.6 is 0 Å². The Bertz CT molecular complexity index is 139. The minimum absolute atomic E-state index is 1.28. The Hall–Kier alpha value is -0.260. The molecule has 0 atom stereocenters. The Morgan fingerprint density at radius 1 is 0.500 bits per heavy atom. The summed E-state index contributed by atoms with van der Waals surface area (Å²) in [7, 11) is 0. The molecule has 0 aliphatic heterocycles. The molecule has 0 saturated carbocycles. The van der Waals surface area contributed by atoms with Gasteiger partial charge in [-0.1, -0.05) is 77.4 Å². The molecule has 0 unspecified atom stereocenters. The van der Waals surface area contributed by atoms with Crippen LogP contribution in [0.15, 0.2) is 12.2 Å². The lowest BCUT2D eigenvalue weighted by atomic mass is 10.1. The zero-order valence-corrected chi connectivity index (χ0v) is 12.9. The number of hydrogen-bond acceptors (Lipinski definition) is 0. The fraction of sp³-hybridized carbons (Fsp3) is 0.833. The molecule has 0 aliphatic carbocycles. The zero-order chi connectivity index (χ0) is 13.3. The summed E-state index contributed by atoms with van der Waals surface area (Å²) in [6.45, 7) is 4.54. The zero-order valence-electron chi connectivity index (χ0n) is 12.9. The first kappa shape index (κ1) is 17.7. The van der Waals surface area contributed by atoms with E-state index in [0.717, 1.165) is 0 Å². The third-order valence-corrected chi connectivity index (χ3v) is 3.43. The van der Waals surface area contributed by atoms with Gasteiger partial charge in [-0.2, -0.15) is 0 Å². The molecule has 0 spiro atoms. The fourth-order valence-corrected chi connectivity index (χ4v) is 2.15. The topological polar surface area (TPSA) is 0 Å². The van der Waals surface area contributed by atoms with E-state index >= 15 is 0 Å². The van der Waals surface area contributed by atoms with Crippen LogP contribution in [-0.2, 0) is 0 Å². The normalized spacial score (nSPS) is 11.4. The first-order chi connectivity index (χ1) is 8.91. The third-order valence-electron chi connectivity index (χ3n) is 3.43. The van der Waals surface area contributed by atoms with E-state index in [1.54, 1.807) is 0 Å². The van der Waals surface area contributed by atoms with Gasteiger partial charge in [-0.15, -0.1) is 0 Å². The summed E-state index contributed by atoms with van der Waals surface area (Å²) in [5.74, 6) is 0. The highest BCUT2D eigenvalue weighted by Crippen LogP contribution is 2.09. The van der Waals surface area contributed by atoms with Gasteiger partial charge >= 0.3 is 0 Å². The van der Waals surface area contributed by atoms with Crippen LogP contribution in [0, 0.1) is 6.42 Å². The maximum atomic E-state index is 2.46. The van der Waals surface area contributed by atoms with Crippen LogP contribution in [0.1, 0.15) is 97.3 Å². The molecule has 0 heteroatoms. The largest absolute Gasteiger partial charge is 0.0885 e. The van der Waals surface area contributed by atoms with Crippen molar-refractivity contribution in [2.45, 2.75) is 97.3 Å². The number of rotatable bonds is 14. The highest BCUT2D eigenvalue weighted by atomic mass is 14.0. The van der Waals surface area contributed by atoms with Gasteiger partial charge in [-0.05, 0) is 38.5 Å². The molecular weight excluding hydrogens is 216 g/mol. The van der Waals surface area contributed by atoms with E-state index in [2.05, 4.69) is 32.4 Å². The summed E-state index contributed by atoms with van der Waals surface area (Å²) in [4.78, 5) is 0. The van der Waals surface area contributed by atoms with Crippen LogP contribution in [0.3, 0.4) is 0 Å². The predicted octanol–water partition coefficient (Wildman–Crippen LogP) is 6.86. The van der Waals surface area contributed by atoms with E-state index < -0.39 is 0 Å². The van der Waals surface area contributed by atoms with Crippen LogP contribution in [0.25, 0.3) is 0 Å². The molecule has 0 rings (SSSR count). The van der Waals surface area contributed by atoms with Gasteiger partial charge in [0, 0.05) is 0 Å². The molecule has 0 nitrogen and oxygen atoms in total. The summed E-state index contributed by atoms with van der Waals surface area (Å²) in [5.41, 5.74) is 0. The van der Waals surface area contributed by atoms with Crippen LogP contribution < -0.4 is 0 Å². The van der Waals surface area contributed by atoms with Crippen molar-refractivity contribution in [1.29, 1.82) is 0 Å². The van der Waals surface area contributed by atoms with Crippen LogP contribution in [0.5, 0.6) is 0 Å². The Kier molecular flexibility index (Phi) is 16.5. The SMILES string of the molecule is CCCC[CH]CCCC=CCCCCCCCC. The molecule has 0 N–H and O–H groups in total. The molecule has 0 heterocycles. The first-order valence-corrected chi connectivity index (χ1v) is 8.38. The monoisotopic (exact) mass is 251 g/mol. The summed E-state index contributed by atoms with van der Waals surface area (Å²) in [6, 6.07) is 0. The predicted molar refractivity (Wildman–Crippen MR) is 84.8 cm³/mol. The molecule has 0 aromatic rings. The molecule has 0 saturated heterocycles. The molecule has 0 aromatic carbocycles. The second kappa shape index (κ2) is 16.7. The summed E-state index contributed by atoms with van der Waals surface area (Å²) in [5, 5.41) is 0. The number of unbranched alkanes of at least 4 members (excludes halogenated alkanes) is 12. The van der Waals surface area contributed by atoms with Gasteiger partial charge < -0.3 is 0 Å².